The Bertz CT molecular complexity index is 879. The van der Waals surface area contributed by atoms with Crippen molar-refractivity contribution in [1.29, 1.82) is 0 Å². The summed E-state index contributed by atoms with van der Waals surface area (Å²) >= 11 is 4.92. The van der Waals surface area contributed by atoms with Gasteiger partial charge in [0, 0.05) is 17.7 Å². The molecule has 3 N–H and O–H groups in total. The number of nitrogens with zero attached hydrogens (tertiary/aromatic N) is 3. The SMILES string of the molecule is Nn1c(-c2ccc(-c3cccc([N+](=O)[O-])c3)o2)n[nH]c1=S. The fourth-order valence-corrected chi connectivity index (χ4v) is 2.00. The smallest absolute Gasteiger partial charge is 0.270 e. The van der Waals surface area contributed by atoms with Crippen molar-refractivity contribution in [3.63, 3.8) is 0 Å². The van der Waals surface area contributed by atoms with Crippen LogP contribution in [0.4, 0.5) is 5.69 Å². The fraction of sp³-hybridized carbons (Fsp3) is 0. The van der Waals surface area contributed by atoms with Gasteiger partial charge in [-0.25, -0.2) is 9.77 Å². The zero-order valence-corrected chi connectivity index (χ0v) is 11.3. The van der Waals surface area contributed by atoms with E-state index in [-0.39, 0.29) is 10.5 Å². The van der Waals surface area contributed by atoms with E-state index in [4.69, 9.17) is 22.5 Å². The van der Waals surface area contributed by atoms with Crippen molar-refractivity contribution in [2.45, 2.75) is 0 Å². The largest absolute Gasteiger partial charge is 0.453 e. The first kappa shape index (κ1) is 13.1. The molecule has 0 aliphatic carbocycles. The Balaban J connectivity index is 2.02. The predicted octanol–water partition coefficient (Wildman–Crippen LogP) is 2.49. The van der Waals surface area contributed by atoms with E-state index in [0.717, 1.165) is 0 Å². The first-order valence-electron chi connectivity index (χ1n) is 5.84. The Labute approximate surface area is 122 Å². The van der Waals surface area contributed by atoms with Crippen molar-refractivity contribution < 1.29 is 9.34 Å². The van der Waals surface area contributed by atoms with Gasteiger partial charge in [0.2, 0.25) is 10.6 Å². The predicted molar refractivity (Wildman–Crippen MR) is 77.4 cm³/mol. The Morgan fingerprint density at radius 3 is 2.76 bits per heavy atom. The number of nitrogens with one attached hydrogen (secondary N) is 1. The van der Waals surface area contributed by atoms with E-state index >= 15 is 0 Å². The number of aromatic amines is 1. The van der Waals surface area contributed by atoms with E-state index in [9.17, 15) is 10.1 Å². The molecule has 0 fully saturated rings. The molecular weight excluding hydrogens is 294 g/mol. The standard InChI is InChI=1S/C12H9N5O3S/c13-16-11(14-15-12(16)21)10-5-4-9(20-10)7-2-1-3-8(6-7)17(18)19/h1-6H,13H2,(H,15,21). The summed E-state index contributed by atoms with van der Waals surface area (Å²) in [5.41, 5.74) is 0.583. The molecule has 0 saturated carbocycles. The number of benzene rings is 1. The Morgan fingerprint density at radius 2 is 2.10 bits per heavy atom. The minimum absolute atomic E-state index is 0.00745. The molecule has 0 amide bonds. The third kappa shape index (κ3) is 2.30. The molecule has 0 aliphatic rings. The number of nitro groups is 1. The summed E-state index contributed by atoms with van der Waals surface area (Å²) in [4.78, 5) is 10.3. The third-order valence-electron chi connectivity index (χ3n) is 2.87. The first-order valence-corrected chi connectivity index (χ1v) is 6.24. The average Bonchev–Trinajstić information content (AvgIpc) is 3.07. The number of furan rings is 1. The summed E-state index contributed by atoms with van der Waals surface area (Å²) in [5.74, 6) is 6.94. The van der Waals surface area contributed by atoms with Gasteiger partial charge >= 0.3 is 0 Å². The zero-order valence-electron chi connectivity index (χ0n) is 10.5. The summed E-state index contributed by atoms with van der Waals surface area (Å²) in [7, 11) is 0. The van der Waals surface area contributed by atoms with Gasteiger partial charge in [-0.15, -0.1) is 5.10 Å². The van der Waals surface area contributed by atoms with Crippen molar-refractivity contribution in [2.24, 2.45) is 0 Å². The normalized spacial score (nSPS) is 10.7. The van der Waals surface area contributed by atoms with Crippen LogP contribution < -0.4 is 5.84 Å². The van der Waals surface area contributed by atoms with Gasteiger partial charge in [0.25, 0.3) is 5.69 Å². The van der Waals surface area contributed by atoms with Gasteiger partial charge in [-0.1, -0.05) is 12.1 Å². The summed E-state index contributed by atoms with van der Waals surface area (Å²) in [6.45, 7) is 0. The molecule has 2 heterocycles. The summed E-state index contributed by atoms with van der Waals surface area (Å²) in [5, 5.41) is 17.3. The molecule has 8 nitrogen and oxygen atoms in total. The maximum atomic E-state index is 10.8. The van der Waals surface area contributed by atoms with Gasteiger partial charge < -0.3 is 10.3 Å². The highest BCUT2D eigenvalue weighted by Gasteiger charge is 2.14. The van der Waals surface area contributed by atoms with E-state index < -0.39 is 4.92 Å². The number of rotatable bonds is 3. The number of hydrogen-bond acceptors (Lipinski definition) is 6. The van der Waals surface area contributed by atoms with Gasteiger partial charge in [-0.2, -0.15) is 0 Å². The number of nitro benzene ring substituents is 1. The van der Waals surface area contributed by atoms with Crippen LogP contribution in [-0.2, 0) is 0 Å². The molecule has 0 atom stereocenters. The molecule has 0 unspecified atom stereocenters. The Kier molecular flexibility index (Phi) is 3.03. The molecule has 106 valence electrons. The lowest BCUT2D eigenvalue weighted by Gasteiger charge is -1.98. The lowest BCUT2D eigenvalue weighted by molar-refractivity contribution is -0.384. The van der Waals surface area contributed by atoms with Gasteiger partial charge in [-0.3, -0.25) is 10.1 Å². The van der Waals surface area contributed by atoms with Crippen molar-refractivity contribution in [3.05, 3.63) is 51.3 Å². The maximum Gasteiger partial charge on any atom is 0.270 e. The number of nitrogens with two attached hydrogens (primary N) is 1. The third-order valence-corrected chi connectivity index (χ3v) is 3.16. The fourth-order valence-electron chi connectivity index (χ4n) is 1.86. The molecule has 3 aromatic rings. The molecule has 9 heteroatoms. The molecule has 3 rings (SSSR count). The second kappa shape index (κ2) is 4.87. The van der Waals surface area contributed by atoms with Crippen LogP contribution >= 0.6 is 12.2 Å². The van der Waals surface area contributed by atoms with Gasteiger partial charge in [0.15, 0.2) is 5.76 Å². The molecular formula is C12H9N5O3S. The number of aromatic nitrogens is 3. The topological polar surface area (TPSA) is 116 Å². The van der Waals surface area contributed by atoms with Crippen molar-refractivity contribution in [3.8, 4) is 22.9 Å². The van der Waals surface area contributed by atoms with Crippen molar-refractivity contribution >= 4 is 17.9 Å². The number of non-ortho nitro benzene ring substituents is 1. The maximum absolute atomic E-state index is 10.8. The van der Waals surface area contributed by atoms with Crippen LogP contribution in [0.2, 0.25) is 0 Å². The molecule has 21 heavy (non-hydrogen) atoms. The number of nitrogen functional groups attached to an aromatic ring is 1. The van der Waals surface area contributed by atoms with E-state index in [1.807, 2.05) is 0 Å². The molecule has 0 bridgehead atoms. The summed E-state index contributed by atoms with van der Waals surface area (Å²) in [6.07, 6.45) is 0. The molecule has 2 aromatic heterocycles. The monoisotopic (exact) mass is 303 g/mol. The van der Waals surface area contributed by atoms with E-state index in [0.29, 0.717) is 22.9 Å². The second-order valence-corrected chi connectivity index (χ2v) is 4.58. The van der Waals surface area contributed by atoms with Crippen molar-refractivity contribution in [1.82, 2.24) is 14.9 Å². The van der Waals surface area contributed by atoms with Crippen LogP contribution in [0.5, 0.6) is 0 Å². The summed E-state index contributed by atoms with van der Waals surface area (Å²) < 4.78 is 7.08. The Morgan fingerprint density at radius 1 is 1.33 bits per heavy atom. The first-order chi connectivity index (χ1) is 10.1. The number of H-pyrrole nitrogens is 1. The van der Waals surface area contributed by atoms with Gasteiger partial charge in [-0.05, 0) is 24.4 Å². The van der Waals surface area contributed by atoms with Crippen LogP contribution in [0.25, 0.3) is 22.9 Å². The molecule has 0 aliphatic heterocycles. The lowest BCUT2D eigenvalue weighted by Crippen LogP contribution is -2.09. The highest BCUT2D eigenvalue weighted by molar-refractivity contribution is 7.71. The van der Waals surface area contributed by atoms with Crippen LogP contribution in [0, 0.1) is 14.9 Å². The summed E-state index contributed by atoms with van der Waals surface area (Å²) in [6, 6.07) is 9.51. The number of hydrogen-bond donors (Lipinski definition) is 2. The van der Waals surface area contributed by atoms with Crippen LogP contribution in [0.1, 0.15) is 0 Å². The van der Waals surface area contributed by atoms with E-state index in [1.54, 1.807) is 24.3 Å². The zero-order chi connectivity index (χ0) is 15.0. The molecule has 0 radical (unpaired) electrons. The molecule has 0 spiro atoms. The molecule has 1 aromatic carbocycles. The van der Waals surface area contributed by atoms with Gasteiger partial charge in [0.1, 0.15) is 5.76 Å². The highest BCUT2D eigenvalue weighted by Crippen LogP contribution is 2.29. The van der Waals surface area contributed by atoms with Crippen LogP contribution in [0.3, 0.4) is 0 Å². The van der Waals surface area contributed by atoms with E-state index in [1.165, 1.54) is 16.8 Å². The lowest BCUT2D eigenvalue weighted by atomic mass is 10.1. The minimum atomic E-state index is -0.460. The Hall–Kier alpha value is -2.94. The second-order valence-electron chi connectivity index (χ2n) is 4.19. The van der Waals surface area contributed by atoms with Crippen LogP contribution in [0.15, 0.2) is 40.8 Å². The van der Waals surface area contributed by atoms with Gasteiger partial charge in [0.05, 0.1) is 4.92 Å². The average molecular weight is 303 g/mol. The van der Waals surface area contributed by atoms with Crippen LogP contribution in [-0.4, -0.2) is 19.8 Å². The quantitative estimate of drug-likeness (QED) is 0.332. The van der Waals surface area contributed by atoms with Crippen molar-refractivity contribution in [2.75, 3.05) is 5.84 Å². The highest BCUT2D eigenvalue weighted by atomic mass is 32.1. The molecule has 0 saturated heterocycles. The van der Waals surface area contributed by atoms with E-state index in [2.05, 4.69) is 10.2 Å². The minimum Gasteiger partial charge on any atom is -0.453 e.